The highest BCUT2D eigenvalue weighted by Crippen LogP contribution is 2.29. The van der Waals surface area contributed by atoms with Crippen LogP contribution in [0.25, 0.3) is 16.7 Å². The lowest BCUT2D eigenvalue weighted by atomic mass is 9.91. The van der Waals surface area contributed by atoms with Gasteiger partial charge in [0.2, 0.25) is 11.9 Å². The molecule has 3 aromatic rings. The third-order valence-electron chi connectivity index (χ3n) is 6.39. The van der Waals surface area contributed by atoms with Crippen molar-refractivity contribution in [3.8, 4) is 11.6 Å². The molecule has 0 radical (unpaired) electrons. The summed E-state index contributed by atoms with van der Waals surface area (Å²) in [6.07, 6.45) is 7.21. The summed E-state index contributed by atoms with van der Waals surface area (Å²) in [6, 6.07) is 8.23. The molecule has 0 spiro atoms. The first kappa shape index (κ1) is 23.5. The van der Waals surface area contributed by atoms with Crippen molar-refractivity contribution in [2.75, 3.05) is 18.5 Å². The van der Waals surface area contributed by atoms with Crippen LogP contribution in [0.2, 0.25) is 0 Å². The van der Waals surface area contributed by atoms with Gasteiger partial charge in [-0.05, 0) is 51.7 Å². The summed E-state index contributed by atoms with van der Waals surface area (Å²) in [5.41, 5.74) is 0.895. The minimum absolute atomic E-state index is 0.0299. The molecule has 1 aliphatic heterocycles. The fourth-order valence-electron chi connectivity index (χ4n) is 4.75. The van der Waals surface area contributed by atoms with E-state index in [1.165, 1.54) is 0 Å². The molecule has 3 heterocycles. The van der Waals surface area contributed by atoms with Gasteiger partial charge in [0.1, 0.15) is 18.5 Å². The Labute approximate surface area is 204 Å². The van der Waals surface area contributed by atoms with E-state index < -0.39 is 5.79 Å². The molecule has 1 aliphatic carbocycles. The van der Waals surface area contributed by atoms with Crippen LogP contribution in [0.5, 0.6) is 5.75 Å². The summed E-state index contributed by atoms with van der Waals surface area (Å²) < 4.78 is 19.3. The Balaban J connectivity index is 1.26. The van der Waals surface area contributed by atoms with E-state index in [0.29, 0.717) is 25.0 Å². The van der Waals surface area contributed by atoms with Gasteiger partial charge in [0.25, 0.3) is 0 Å². The lowest BCUT2D eigenvalue weighted by molar-refractivity contribution is -0.141. The summed E-state index contributed by atoms with van der Waals surface area (Å²) in [4.78, 5) is 20.4. The molecule has 2 aliphatic rings. The number of hydrogen-bond donors (Lipinski definition) is 2. The zero-order chi connectivity index (χ0) is 24.4. The number of amides is 1. The number of nitrogens with zero attached hydrogens (tertiary/aromatic N) is 4. The van der Waals surface area contributed by atoms with Gasteiger partial charge in [0.05, 0.1) is 23.7 Å². The third kappa shape index (κ3) is 5.54. The molecule has 1 atom stereocenters. The molecule has 0 bridgehead atoms. The molecular formula is C25H32N6O4. The van der Waals surface area contributed by atoms with Crippen LogP contribution >= 0.6 is 0 Å². The minimum atomic E-state index is -0.575. The van der Waals surface area contributed by atoms with Crippen molar-refractivity contribution in [2.45, 2.75) is 70.4 Å². The Bertz CT molecular complexity index is 1190. The molecule has 35 heavy (non-hydrogen) atoms. The van der Waals surface area contributed by atoms with Crippen LogP contribution in [-0.4, -0.2) is 62.8 Å². The number of rotatable bonds is 7. The molecule has 1 amide bonds. The normalized spacial score (nSPS) is 23.8. The third-order valence-corrected chi connectivity index (χ3v) is 6.39. The first-order valence-electron chi connectivity index (χ1n) is 12.1. The molecule has 1 saturated carbocycles. The SMILES string of the molecule is CC(=O)NC1CCC(Nc2nccc(-n3ncc4c(OC[C@@H]5COC(C)(C)O5)cccc43)n2)CC1. The van der Waals surface area contributed by atoms with E-state index in [4.69, 9.17) is 19.2 Å². The Morgan fingerprint density at radius 2 is 2.00 bits per heavy atom. The quantitative estimate of drug-likeness (QED) is 0.530. The van der Waals surface area contributed by atoms with E-state index in [-0.39, 0.29) is 24.1 Å². The van der Waals surface area contributed by atoms with Gasteiger partial charge >= 0.3 is 0 Å². The highest BCUT2D eigenvalue weighted by molar-refractivity contribution is 5.86. The summed E-state index contributed by atoms with van der Waals surface area (Å²) in [5, 5.41) is 11.9. The molecule has 0 unspecified atom stereocenters. The van der Waals surface area contributed by atoms with Crippen molar-refractivity contribution in [1.29, 1.82) is 0 Å². The zero-order valence-electron chi connectivity index (χ0n) is 20.4. The maximum absolute atomic E-state index is 11.3. The predicted molar refractivity (Wildman–Crippen MR) is 131 cm³/mol. The standard InChI is InChI=1S/C25H32N6O4/c1-16(32)28-17-7-9-18(10-8-17)29-24-26-12-11-23(30-24)31-21-5-4-6-22(20(21)13-27-31)33-14-19-15-34-25(2,3)35-19/h4-6,11-13,17-19H,7-10,14-15H2,1-3H3,(H,28,32)(H,26,29,30)/t17?,18?,19-/m1/s1. The number of ether oxygens (including phenoxy) is 3. The van der Waals surface area contributed by atoms with Crippen molar-refractivity contribution in [3.63, 3.8) is 0 Å². The van der Waals surface area contributed by atoms with E-state index in [0.717, 1.165) is 42.3 Å². The number of benzene rings is 1. The summed E-state index contributed by atoms with van der Waals surface area (Å²) >= 11 is 0. The van der Waals surface area contributed by atoms with E-state index in [9.17, 15) is 4.79 Å². The summed E-state index contributed by atoms with van der Waals surface area (Å²) in [5.74, 6) is 1.44. The Kier molecular flexibility index (Phi) is 6.57. The molecule has 10 nitrogen and oxygen atoms in total. The van der Waals surface area contributed by atoms with Crippen LogP contribution < -0.4 is 15.4 Å². The van der Waals surface area contributed by atoms with Gasteiger partial charge in [-0.1, -0.05) is 6.07 Å². The molecule has 2 N–H and O–H groups in total. The van der Waals surface area contributed by atoms with Crippen molar-refractivity contribution in [2.24, 2.45) is 0 Å². The van der Waals surface area contributed by atoms with Gasteiger partial charge < -0.3 is 24.8 Å². The topological polar surface area (TPSA) is 112 Å². The zero-order valence-corrected chi connectivity index (χ0v) is 20.4. The largest absolute Gasteiger partial charge is 0.490 e. The van der Waals surface area contributed by atoms with Crippen LogP contribution in [-0.2, 0) is 14.3 Å². The maximum atomic E-state index is 11.3. The minimum Gasteiger partial charge on any atom is -0.490 e. The van der Waals surface area contributed by atoms with Gasteiger partial charge in [0, 0.05) is 31.3 Å². The van der Waals surface area contributed by atoms with Crippen molar-refractivity contribution < 1.29 is 19.0 Å². The van der Waals surface area contributed by atoms with Gasteiger partial charge in [-0.2, -0.15) is 10.1 Å². The average Bonchev–Trinajstić information content (AvgIpc) is 3.42. The Hall–Kier alpha value is -3.24. The van der Waals surface area contributed by atoms with Gasteiger partial charge in [-0.15, -0.1) is 0 Å². The maximum Gasteiger partial charge on any atom is 0.224 e. The number of aromatic nitrogens is 4. The number of nitrogens with one attached hydrogen (secondary N) is 2. The van der Waals surface area contributed by atoms with Crippen molar-refractivity contribution >= 4 is 22.8 Å². The van der Waals surface area contributed by atoms with E-state index in [2.05, 4.69) is 20.7 Å². The number of carbonyl (C=O) groups is 1. The number of fused-ring (bicyclic) bond motifs is 1. The first-order valence-corrected chi connectivity index (χ1v) is 12.1. The van der Waals surface area contributed by atoms with Crippen LogP contribution in [0, 0.1) is 0 Å². The molecule has 186 valence electrons. The molecule has 1 aromatic carbocycles. The lowest BCUT2D eigenvalue weighted by Gasteiger charge is -2.29. The fraction of sp³-hybridized carbons (Fsp3) is 0.520. The number of anilines is 1. The van der Waals surface area contributed by atoms with Crippen LogP contribution in [0.3, 0.4) is 0 Å². The van der Waals surface area contributed by atoms with Crippen LogP contribution in [0.1, 0.15) is 46.5 Å². The van der Waals surface area contributed by atoms with Crippen LogP contribution in [0.15, 0.2) is 36.7 Å². The predicted octanol–water partition coefficient (Wildman–Crippen LogP) is 3.21. The van der Waals surface area contributed by atoms with Gasteiger partial charge in [0.15, 0.2) is 11.6 Å². The second-order valence-corrected chi connectivity index (χ2v) is 9.64. The van der Waals surface area contributed by atoms with Gasteiger partial charge in [-0.25, -0.2) is 9.67 Å². The highest BCUT2D eigenvalue weighted by Gasteiger charge is 2.33. The van der Waals surface area contributed by atoms with E-state index >= 15 is 0 Å². The Morgan fingerprint density at radius 1 is 1.20 bits per heavy atom. The molecule has 5 rings (SSSR count). The number of hydrogen-bond acceptors (Lipinski definition) is 8. The monoisotopic (exact) mass is 480 g/mol. The number of carbonyl (C=O) groups excluding carboxylic acids is 1. The highest BCUT2D eigenvalue weighted by atomic mass is 16.7. The summed E-state index contributed by atoms with van der Waals surface area (Å²) in [7, 11) is 0. The van der Waals surface area contributed by atoms with Gasteiger partial charge in [-0.3, -0.25) is 4.79 Å². The first-order chi connectivity index (χ1) is 16.9. The smallest absolute Gasteiger partial charge is 0.224 e. The van der Waals surface area contributed by atoms with Crippen molar-refractivity contribution in [1.82, 2.24) is 25.1 Å². The second kappa shape index (κ2) is 9.79. The van der Waals surface area contributed by atoms with Crippen LogP contribution in [0.4, 0.5) is 5.95 Å². The second-order valence-electron chi connectivity index (χ2n) is 9.64. The lowest BCUT2D eigenvalue weighted by Crippen LogP contribution is -2.39. The molecular weight excluding hydrogens is 448 g/mol. The van der Waals surface area contributed by atoms with E-state index in [1.807, 2.05) is 38.1 Å². The fourth-order valence-corrected chi connectivity index (χ4v) is 4.75. The van der Waals surface area contributed by atoms with E-state index in [1.54, 1.807) is 24.0 Å². The molecule has 1 saturated heterocycles. The summed E-state index contributed by atoms with van der Waals surface area (Å²) in [6.45, 7) is 6.28. The molecule has 10 heteroatoms. The average molecular weight is 481 g/mol. The van der Waals surface area contributed by atoms with Crippen molar-refractivity contribution in [3.05, 3.63) is 36.7 Å². The Morgan fingerprint density at radius 3 is 2.74 bits per heavy atom. The molecule has 2 fully saturated rings. The molecule has 2 aromatic heterocycles.